The molecule has 0 aromatic rings. The molecule has 3 aliphatic rings. The molecule has 0 aromatic carbocycles. The van der Waals surface area contributed by atoms with Gasteiger partial charge in [0.15, 0.2) is 0 Å². The molecule has 80 valence electrons. The highest BCUT2D eigenvalue weighted by Gasteiger charge is 2.52. The van der Waals surface area contributed by atoms with Crippen LogP contribution in [0.3, 0.4) is 0 Å². The van der Waals surface area contributed by atoms with Crippen molar-refractivity contribution < 1.29 is 10.2 Å². The maximum Gasteiger partial charge on any atom is 0.103 e. The van der Waals surface area contributed by atoms with Crippen LogP contribution in [-0.2, 0) is 0 Å². The summed E-state index contributed by atoms with van der Waals surface area (Å²) in [5.74, 6) is 2.06. The third-order valence-corrected chi connectivity index (χ3v) is 5.24. The van der Waals surface area contributed by atoms with Gasteiger partial charge in [0.25, 0.3) is 0 Å². The van der Waals surface area contributed by atoms with E-state index in [4.69, 9.17) is 0 Å². The van der Waals surface area contributed by atoms with E-state index in [0.717, 1.165) is 11.8 Å². The predicted octanol–water partition coefficient (Wildman–Crippen LogP) is -0.973. The van der Waals surface area contributed by atoms with E-state index in [-0.39, 0.29) is 0 Å². The van der Waals surface area contributed by atoms with Crippen LogP contribution in [0.4, 0.5) is 0 Å². The van der Waals surface area contributed by atoms with Crippen LogP contribution in [0.2, 0.25) is 0 Å². The Morgan fingerprint density at radius 3 is 3.14 bits per heavy atom. The van der Waals surface area contributed by atoms with E-state index in [9.17, 15) is 0 Å². The van der Waals surface area contributed by atoms with Gasteiger partial charge in [-0.25, -0.2) is 0 Å². The molecule has 0 aliphatic carbocycles. The fourth-order valence-electron chi connectivity index (χ4n) is 4.28. The molecule has 0 aromatic heterocycles. The summed E-state index contributed by atoms with van der Waals surface area (Å²) < 4.78 is 0. The lowest BCUT2D eigenvalue weighted by molar-refractivity contribution is -0.978. The number of nitrogens with one attached hydrogen (secondary N) is 1. The monoisotopic (exact) mass is 196 g/mol. The minimum absolute atomic E-state index is 0.658. The minimum atomic E-state index is 0.658. The van der Waals surface area contributed by atoms with Gasteiger partial charge in [0.1, 0.15) is 5.54 Å². The fourth-order valence-corrected chi connectivity index (χ4v) is 4.28. The van der Waals surface area contributed by atoms with Crippen LogP contribution in [0.5, 0.6) is 0 Å². The lowest BCUT2D eigenvalue weighted by atomic mass is 9.68. The van der Waals surface area contributed by atoms with E-state index in [1.54, 1.807) is 0 Å². The molecule has 0 amide bonds. The average molecular weight is 196 g/mol. The third kappa shape index (κ3) is 1.24. The van der Waals surface area contributed by atoms with E-state index < -0.39 is 0 Å². The molecule has 3 N–H and O–H groups in total. The molecule has 3 heterocycles. The highest BCUT2D eigenvalue weighted by molar-refractivity contribution is 4.90. The molecule has 2 heteroatoms. The zero-order valence-corrected chi connectivity index (χ0v) is 9.39. The van der Waals surface area contributed by atoms with Crippen LogP contribution < -0.4 is 10.2 Å². The Morgan fingerprint density at radius 2 is 2.21 bits per heavy atom. The van der Waals surface area contributed by atoms with Gasteiger partial charge in [-0.15, -0.1) is 0 Å². The van der Waals surface area contributed by atoms with Gasteiger partial charge in [-0.2, -0.15) is 0 Å². The van der Waals surface area contributed by atoms with Gasteiger partial charge >= 0.3 is 0 Å². The molecule has 4 atom stereocenters. The van der Waals surface area contributed by atoms with Gasteiger partial charge < -0.3 is 10.2 Å². The van der Waals surface area contributed by atoms with Crippen molar-refractivity contribution in [2.24, 2.45) is 11.8 Å². The third-order valence-electron chi connectivity index (χ3n) is 5.24. The number of hydrogen-bond donors (Lipinski definition) is 2. The number of fused-ring (bicyclic) bond motifs is 4. The highest BCUT2D eigenvalue weighted by Crippen LogP contribution is 2.31. The summed E-state index contributed by atoms with van der Waals surface area (Å²) in [5, 5.41) is 2.58. The van der Waals surface area contributed by atoms with Crippen LogP contribution >= 0.6 is 0 Å². The SMILES string of the molecule is C[C@]12CCCC[NH+]1C[C@@H]1C[NH2+]C[C@H]2C1. The quantitative estimate of drug-likeness (QED) is 0.497. The zero-order valence-electron chi connectivity index (χ0n) is 9.39. The Bertz CT molecular complexity index is 222. The lowest BCUT2D eigenvalue weighted by Gasteiger charge is -2.52. The van der Waals surface area contributed by atoms with Crippen molar-refractivity contribution in [2.75, 3.05) is 26.2 Å². The van der Waals surface area contributed by atoms with Gasteiger partial charge in [-0.05, 0) is 26.2 Å². The van der Waals surface area contributed by atoms with Crippen LogP contribution in [0.1, 0.15) is 32.6 Å². The van der Waals surface area contributed by atoms with E-state index in [1.807, 2.05) is 4.90 Å². The van der Waals surface area contributed by atoms with Crippen LogP contribution in [0.25, 0.3) is 0 Å². The molecule has 3 rings (SSSR count). The van der Waals surface area contributed by atoms with E-state index >= 15 is 0 Å². The van der Waals surface area contributed by atoms with Gasteiger partial charge in [-0.3, -0.25) is 0 Å². The first-order valence-electron chi connectivity index (χ1n) is 6.46. The van der Waals surface area contributed by atoms with Crippen LogP contribution in [0.15, 0.2) is 0 Å². The summed E-state index contributed by atoms with van der Waals surface area (Å²) in [6.07, 6.45) is 6.00. The van der Waals surface area contributed by atoms with Crippen molar-refractivity contribution in [3.8, 4) is 0 Å². The summed E-state index contributed by atoms with van der Waals surface area (Å²) in [4.78, 5) is 1.96. The van der Waals surface area contributed by atoms with E-state index in [2.05, 4.69) is 12.2 Å². The first-order chi connectivity index (χ1) is 6.79. The molecular weight excluding hydrogens is 172 g/mol. The number of quaternary nitrogens is 2. The largest absolute Gasteiger partial charge is 0.345 e. The summed E-state index contributed by atoms with van der Waals surface area (Å²) in [7, 11) is 0. The van der Waals surface area contributed by atoms with Crippen molar-refractivity contribution in [1.29, 1.82) is 0 Å². The summed E-state index contributed by atoms with van der Waals surface area (Å²) in [6, 6.07) is 0. The Balaban J connectivity index is 1.86. The Morgan fingerprint density at radius 1 is 1.29 bits per heavy atom. The number of nitrogens with two attached hydrogens (primary N) is 1. The van der Waals surface area contributed by atoms with Crippen molar-refractivity contribution in [1.82, 2.24) is 0 Å². The molecule has 0 saturated carbocycles. The Hall–Kier alpha value is -0.0800. The van der Waals surface area contributed by atoms with E-state index in [1.165, 1.54) is 51.9 Å². The van der Waals surface area contributed by atoms with Gasteiger partial charge in [0.2, 0.25) is 0 Å². The molecule has 3 aliphatic heterocycles. The van der Waals surface area contributed by atoms with E-state index in [0.29, 0.717) is 5.54 Å². The normalized spacial score (nSPS) is 52.5. The molecule has 3 fully saturated rings. The molecule has 0 spiro atoms. The molecule has 1 unspecified atom stereocenters. The zero-order chi connectivity index (χ0) is 9.60. The average Bonchev–Trinajstić information content (AvgIpc) is 2.21. The summed E-state index contributed by atoms with van der Waals surface area (Å²) in [5.41, 5.74) is 0.658. The van der Waals surface area contributed by atoms with Gasteiger partial charge in [0, 0.05) is 6.42 Å². The van der Waals surface area contributed by atoms with Gasteiger partial charge in [-0.1, -0.05) is 0 Å². The maximum absolute atomic E-state index is 2.58. The second-order valence-electron chi connectivity index (χ2n) is 5.99. The molecule has 2 bridgehead atoms. The first-order valence-corrected chi connectivity index (χ1v) is 6.46. The minimum Gasteiger partial charge on any atom is -0.345 e. The molecule has 0 radical (unpaired) electrons. The van der Waals surface area contributed by atoms with Crippen molar-refractivity contribution in [2.45, 2.75) is 38.1 Å². The van der Waals surface area contributed by atoms with Crippen molar-refractivity contribution in [3.05, 3.63) is 0 Å². The Kier molecular flexibility index (Phi) is 2.10. The number of hydrogen-bond acceptors (Lipinski definition) is 0. The molecular formula is C12H24N2+2. The predicted molar refractivity (Wildman–Crippen MR) is 56.2 cm³/mol. The van der Waals surface area contributed by atoms with Crippen LogP contribution in [-0.4, -0.2) is 31.7 Å². The summed E-state index contributed by atoms with van der Waals surface area (Å²) >= 11 is 0. The highest BCUT2D eigenvalue weighted by atomic mass is 15.2. The maximum atomic E-state index is 2.58. The molecule has 3 saturated heterocycles. The van der Waals surface area contributed by atoms with Crippen molar-refractivity contribution in [3.63, 3.8) is 0 Å². The number of piperidine rings is 3. The smallest absolute Gasteiger partial charge is 0.103 e. The fraction of sp³-hybridized carbons (Fsp3) is 1.00. The topological polar surface area (TPSA) is 21.1 Å². The molecule has 2 nitrogen and oxygen atoms in total. The second-order valence-corrected chi connectivity index (χ2v) is 5.99. The Labute approximate surface area is 87.0 Å². The van der Waals surface area contributed by atoms with Crippen LogP contribution in [0, 0.1) is 11.8 Å². The first kappa shape index (κ1) is 9.17. The lowest BCUT2D eigenvalue weighted by Crippen LogP contribution is -3.24. The standard InChI is InChI=1S/C12H22N2/c1-12-4-2-3-5-14(12)9-10-6-11(12)8-13-7-10/h10-11,13H,2-9H2,1H3/p+2/t10-,11+,12+/m0/s1. The second kappa shape index (κ2) is 3.21. The van der Waals surface area contributed by atoms with Gasteiger partial charge in [0.05, 0.1) is 38.0 Å². The number of rotatable bonds is 0. The van der Waals surface area contributed by atoms with Crippen molar-refractivity contribution >= 4 is 0 Å². The molecule has 14 heavy (non-hydrogen) atoms. The summed E-state index contributed by atoms with van der Waals surface area (Å²) in [6.45, 7) is 8.33.